The van der Waals surface area contributed by atoms with Crippen molar-refractivity contribution in [2.45, 2.75) is 19.6 Å². The molecule has 0 saturated carbocycles. The number of aromatic nitrogens is 3. The van der Waals surface area contributed by atoms with Gasteiger partial charge in [-0.1, -0.05) is 19.0 Å². The van der Waals surface area contributed by atoms with Gasteiger partial charge in [0.25, 0.3) is 0 Å². The van der Waals surface area contributed by atoms with Gasteiger partial charge in [-0.05, 0) is 12.1 Å². The fraction of sp³-hybridized carbons (Fsp3) is 0.400. The van der Waals surface area contributed by atoms with E-state index in [1.54, 1.807) is 22.3 Å². The molecule has 1 saturated heterocycles. The zero-order chi connectivity index (χ0) is 10.3. The first-order valence-corrected chi connectivity index (χ1v) is 5.70. The second-order valence-electron chi connectivity index (χ2n) is 3.48. The first kappa shape index (κ1) is 11.6. The molecule has 1 fully saturated rings. The van der Waals surface area contributed by atoms with E-state index in [1.807, 2.05) is 12.1 Å². The van der Waals surface area contributed by atoms with Gasteiger partial charge in [-0.2, -0.15) is 5.10 Å². The van der Waals surface area contributed by atoms with E-state index in [9.17, 15) is 0 Å². The maximum absolute atomic E-state index is 5.90. The van der Waals surface area contributed by atoms with Gasteiger partial charge in [0.15, 0.2) is 0 Å². The minimum absolute atomic E-state index is 0. The number of ether oxygens (including phenoxy) is 1. The summed E-state index contributed by atoms with van der Waals surface area (Å²) in [4.78, 5) is 5.06. The highest BCUT2D eigenvalue weighted by Gasteiger charge is 2.48. The Morgan fingerprint density at radius 2 is 2.38 bits per heavy atom. The number of thiophene rings is 1. The van der Waals surface area contributed by atoms with Gasteiger partial charge in [-0.15, -0.1) is 11.3 Å². The number of hydrogen-bond acceptors (Lipinski definition) is 4. The van der Waals surface area contributed by atoms with Crippen LogP contribution in [0.1, 0.15) is 12.3 Å². The van der Waals surface area contributed by atoms with Crippen LogP contribution >= 0.6 is 22.9 Å². The van der Waals surface area contributed by atoms with Gasteiger partial charge in [0, 0.05) is 4.88 Å². The van der Waals surface area contributed by atoms with Crippen LogP contribution in [0.4, 0.5) is 0 Å². The lowest BCUT2D eigenvalue weighted by atomic mass is 10.1. The maximum Gasteiger partial charge on any atom is 0.145 e. The Kier molecular flexibility index (Phi) is 3.01. The summed E-state index contributed by atoms with van der Waals surface area (Å²) in [5.41, 5.74) is -0.217. The average Bonchev–Trinajstić information content (AvgIpc) is 2.65. The van der Waals surface area contributed by atoms with Crippen LogP contribution < -0.4 is 0 Å². The second-order valence-corrected chi connectivity index (χ2v) is 5.19. The number of rotatable bonds is 3. The molecule has 0 radical (unpaired) electrons. The van der Waals surface area contributed by atoms with Crippen molar-refractivity contribution in [1.29, 1.82) is 0 Å². The van der Waals surface area contributed by atoms with E-state index < -0.39 is 0 Å². The predicted molar refractivity (Wildman–Crippen MR) is 63.7 cm³/mol. The number of nitrogens with zero attached hydrogens (tertiary/aromatic N) is 3. The minimum Gasteiger partial charge on any atom is -0.362 e. The molecule has 4 nitrogen and oxygen atoms in total. The molecule has 1 aliphatic heterocycles. The molecule has 0 aromatic carbocycles. The Hall–Kier alpha value is -0.910. The molecule has 0 aliphatic carbocycles. The summed E-state index contributed by atoms with van der Waals surface area (Å²) < 4.78 is 8.10. The van der Waals surface area contributed by atoms with Crippen molar-refractivity contribution in [3.05, 3.63) is 34.0 Å². The zero-order valence-electron chi connectivity index (χ0n) is 7.76. The van der Waals surface area contributed by atoms with Crippen molar-refractivity contribution in [3.63, 3.8) is 0 Å². The van der Waals surface area contributed by atoms with Crippen molar-refractivity contribution in [1.82, 2.24) is 14.8 Å². The van der Waals surface area contributed by atoms with E-state index >= 15 is 0 Å². The van der Waals surface area contributed by atoms with Gasteiger partial charge in [0.1, 0.15) is 18.3 Å². The molecule has 0 N–H and O–H groups in total. The Balaban J connectivity index is 0.000000963. The number of halogens is 1. The number of epoxide rings is 1. The fourth-order valence-corrected chi connectivity index (χ4v) is 2.70. The van der Waals surface area contributed by atoms with Gasteiger partial charge in [-0.3, -0.25) is 0 Å². The molecule has 0 amide bonds. The monoisotopic (exact) mass is 257 g/mol. The summed E-state index contributed by atoms with van der Waals surface area (Å²) in [6.45, 7) is 1.42. The van der Waals surface area contributed by atoms with Crippen LogP contribution in [-0.2, 0) is 16.9 Å². The van der Waals surface area contributed by atoms with Crippen LogP contribution in [0.2, 0.25) is 4.34 Å². The molecule has 1 atom stereocenters. The van der Waals surface area contributed by atoms with Crippen molar-refractivity contribution < 1.29 is 4.74 Å². The lowest BCUT2D eigenvalue weighted by Gasteiger charge is -2.08. The van der Waals surface area contributed by atoms with E-state index in [1.165, 1.54) is 6.33 Å². The van der Waals surface area contributed by atoms with Crippen molar-refractivity contribution >= 4 is 22.9 Å². The third kappa shape index (κ3) is 1.98. The van der Waals surface area contributed by atoms with Crippen LogP contribution in [0, 0.1) is 0 Å². The zero-order valence-corrected chi connectivity index (χ0v) is 9.33. The summed E-state index contributed by atoms with van der Waals surface area (Å²) in [5, 5.41) is 4.07. The molecule has 2 aromatic heterocycles. The Morgan fingerprint density at radius 1 is 1.56 bits per heavy atom. The first-order chi connectivity index (χ1) is 7.28. The molecular formula is C10H12ClN3OS. The smallest absolute Gasteiger partial charge is 0.145 e. The van der Waals surface area contributed by atoms with Gasteiger partial charge < -0.3 is 4.74 Å². The van der Waals surface area contributed by atoms with Crippen molar-refractivity contribution in [2.75, 3.05) is 6.61 Å². The lowest BCUT2D eigenvalue weighted by Crippen LogP contribution is -2.16. The maximum atomic E-state index is 5.90. The van der Waals surface area contributed by atoms with E-state index in [0.29, 0.717) is 6.54 Å². The summed E-state index contributed by atoms with van der Waals surface area (Å²) in [5.74, 6) is 0. The van der Waals surface area contributed by atoms with Crippen molar-refractivity contribution in [2.24, 2.45) is 0 Å². The summed E-state index contributed by atoms with van der Waals surface area (Å²) in [6, 6.07) is 3.91. The van der Waals surface area contributed by atoms with Crippen LogP contribution in [0.15, 0.2) is 24.8 Å². The van der Waals surface area contributed by atoms with Crippen LogP contribution in [-0.4, -0.2) is 21.4 Å². The van der Waals surface area contributed by atoms with E-state index in [-0.39, 0.29) is 13.0 Å². The molecular weight excluding hydrogens is 246 g/mol. The van der Waals surface area contributed by atoms with Gasteiger partial charge in [0.05, 0.1) is 17.5 Å². The minimum atomic E-state index is -0.217. The van der Waals surface area contributed by atoms with E-state index in [2.05, 4.69) is 10.1 Å². The van der Waals surface area contributed by atoms with Crippen LogP contribution in [0.25, 0.3) is 0 Å². The molecule has 3 rings (SSSR count). The fourth-order valence-electron chi connectivity index (χ4n) is 1.53. The van der Waals surface area contributed by atoms with Gasteiger partial charge in [-0.25, -0.2) is 9.67 Å². The van der Waals surface area contributed by atoms with E-state index in [4.69, 9.17) is 16.3 Å². The molecule has 6 heteroatoms. The lowest BCUT2D eigenvalue weighted by molar-refractivity contribution is 0.273. The Labute approximate surface area is 103 Å². The topological polar surface area (TPSA) is 43.2 Å². The van der Waals surface area contributed by atoms with Crippen LogP contribution in [0.3, 0.4) is 0 Å². The second kappa shape index (κ2) is 4.16. The third-order valence-electron chi connectivity index (χ3n) is 2.40. The summed E-state index contributed by atoms with van der Waals surface area (Å²) >= 11 is 7.46. The first-order valence-electron chi connectivity index (χ1n) is 4.51. The predicted octanol–water partition coefficient (Wildman–Crippen LogP) is 2.55. The Morgan fingerprint density at radius 3 is 2.88 bits per heavy atom. The normalized spacial score (nSPS) is 22.8. The standard InChI is InChI=1S/C9H8ClN3OS.CH4/c10-8-2-1-7(15-8)9(4-14-9)3-13-6-11-5-12-13;/h1-2,5-6H,3-4H2;1H4. The average molecular weight is 258 g/mol. The highest BCUT2D eigenvalue weighted by Crippen LogP contribution is 2.44. The highest BCUT2D eigenvalue weighted by atomic mass is 35.5. The number of hydrogen-bond donors (Lipinski definition) is 0. The Bertz CT molecular complexity index is 464. The van der Waals surface area contributed by atoms with E-state index in [0.717, 1.165) is 15.8 Å². The van der Waals surface area contributed by atoms with Crippen LogP contribution in [0.5, 0.6) is 0 Å². The van der Waals surface area contributed by atoms with Crippen molar-refractivity contribution in [3.8, 4) is 0 Å². The molecule has 1 unspecified atom stereocenters. The van der Waals surface area contributed by atoms with Gasteiger partial charge in [0.2, 0.25) is 0 Å². The largest absolute Gasteiger partial charge is 0.362 e. The molecule has 1 aliphatic rings. The molecule has 0 bridgehead atoms. The molecule has 86 valence electrons. The molecule has 16 heavy (non-hydrogen) atoms. The quantitative estimate of drug-likeness (QED) is 0.794. The molecule has 2 aromatic rings. The van der Waals surface area contributed by atoms with Gasteiger partial charge >= 0.3 is 0 Å². The molecule has 0 spiro atoms. The summed E-state index contributed by atoms with van der Waals surface area (Å²) in [6.07, 6.45) is 3.22. The molecule has 3 heterocycles. The highest BCUT2D eigenvalue weighted by molar-refractivity contribution is 7.16. The third-order valence-corrected chi connectivity index (χ3v) is 3.82. The SMILES string of the molecule is C.Clc1ccc(C2(Cn3cncn3)CO2)s1. The summed E-state index contributed by atoms with van der Waals surface area (Å²) in [7, 11) is 0.